The van der Waals surface area contributed by atoms with Gasteiger partial charge in [-0.2, -0.15) is 13.2 Å². The number of H-pyrrole nitrogens is 1. The number of rotatable bonds is 4. The molecule has 0 bridgehead atoms. The maximum atomic E-state index is 13.0. The molecule has 0 saturated heterocycles. The fourth-order valence-corrected chi connectivity index (χ4v) is 3.00. The lowest BCUT2D eigenvalue weighted by atomic mass is 10.1. The van der Waals surface area contributed by atoms with Gasteiger partial charge in [-0.05, 0) is 50.2 Å². The van der Waals surface area contributed by atoms with Gasteiger partial charge in [0, 0.05) is 12.5 Å². The van der Waals surface area contributed by atoms with Crippen molar-refractivity contribution in [1.29, 1.82) is 0 Å². The SMILES string of the molecule is CCn1c(=S)[nH]c2cc(C(=O)OC(C3CC3)C(F)(F)F)ccc2c1=O. The van der Waals surface area contributed by atoms with Gasteiger partial charge in [-0.15, -0.1) is 0 Å². The smallest absolute Gasteiger partial charge is 0.425 e. The summed E-state index contributed by atoms with van der Waals surface area (Å²) in [5.41, 5.74) is -0.113. The van der Waals surface area contributed by atoms with E-state index in [-0.39, 0.29) is 21.4 Å². The molecule has 1 atom stereocenters. The zero-order valence-electron chi connectivity index (χ0n) is 13.2. The molecule has 2 aromatic rings. The number of hydrogen-bond acceptors (Lipinski definition) is 4. The summed E-state index contributed by atoms with van der Waals surface area (Å²) in [6, 6.07) is 3.95. The average Bonchev–Trinajstić information content (AvgIpc) is 3.35. The number of ether oxygens (including phenoxy) is 1. The lowest BCUT2D eigenvalue weighted by Crippen LogP contribution is -2.35. The number of carbonyl (C=O) groups excluding carboxylic acids is 1. The Kier molecular flexibility index (Phi) is 4.44. The number of aromatic amines is 1. The molecule has 0 spiro atoms. The van der Waals surface area contributed by atoms with Crippen LogP contribution in [-0.2, 0) is 11.3 Å². The molecular weight excluding hydrogens is 357 g/mol. The molecule has 1 heterocycles. The largest absolute Gasteiger partial charge is 0.449 e. The summed E-state index contributed by atoms with van der Waals surface area (Å²) in [5.74, 6) is -1.75. The Balaban J connectivity index is 1.95. The highest BCUT2D eigenvalue weighted by atomic mass is 32.1. The molecule has 1 aliphatic carbocycles. The zero-order chi connectivity index (χ0) is 18.4. The van der Waals surface area contributed by atoms with Crippen molar-refractivity contribution in [2.75, 3.05) is 0 Å². The van der Waals surface area contributed by atoms with Crippen molar-refractivity contribution in [2.45, 2.75) is 38.6 Å². The molecule has 1 saturated carbocycles. The van der Waals surface area contributed by atoms with Crippen LogP contribution in [0.5, 0.6) is 0 Å². The number of benzene rings is 1. The molecule has 0 aliphatic heterocycles. The molecule has 1 aromatic heterocycles. The second kappa shape index (κ2) is 6.29. The highest BCUT2D eigenvalue weighted by Gasteiger charge is 2.51. The van der Waals surface area contributed by atoms with Crippen molar-refractivity contribution in [3.05, 3.63) is 38.9 Å². The van der Waals surface area contributed by atoms with E-state index < -0.39 is 24.2 Å². The lowest BCUT2D eigenvalue weighted by Gasteiger charge is -2.20. The van der Waals surface area contributed by atoms with E-state index in [1.54, 1.807) is 6.92 Å². The van der Waals surface area contributed by atoms with Crippen LogP contribution in [0.3, 0.4) is 0 Å². The van der Waals surface area contributed by atoms with Gasteiger partial charge >= 0.3 is 12.1 Å². The normalized spacial score (nSPS) is 16.0. The summed E-state index contributed by atoms with van der Waals surface area (Å²) in [6.07, 6.45) is -5.91. The van der Waals surface area contributed by atoms with E-state index in [2.05, 4.69) is 4.98 Å². The summed E-state index contributed by atoms with van der Waals surface area (Å²) in [4.78, 5) is 27.2. The number of aromatic nitrogens is 2. The highest BCUT2D eigenvalue weighted by Crippen LogP contribution is 2.42. The summed E-state index contributed by atoms with van der Waals surface area (Å²) in [7, 11) is 0. The summed E-state index contributed by atoms with van der Waals surface area (Å²) in [5, 5.41) is 0.293. The molecule has 5 nitrogen and oxygen atoms in total. The van der Waals surface area contributed by atoms with Gasteiger partial charge in [0.15, 0.2) is 10.9 Å². The fraction of sp³-hybridized carbons (Fsp3) is 0.438. The molecule has 1 aliphatic rings. The maximum Gasteiger partial charge on any atom is 0.425 e. The van der Waals surface area contributed by atoms with Gasteiger partial charge in [0.05, 0.1) is 16.5 Å². The van der Waals surface area contributed by atoms with Crippen LogP contribution < -0.4 is 5.56 Å². The summed E-state index contributed by atoms with van der Waals surface area (Å²) >= 11 is 5.08. The van der Waals surface area contributed by atoms with E-state index in [0.29, 0.717) is 24.8 Å². The first-order valence-electron chi connectivity index (χ1n) is 7.77. The molecule has 0 amide bonds. The molecule has 1 N–H and O–H groups in total. The van der Waals surface area contributed by atoms with Crippen molar-refractivity contribution < 1.29 is 22.7 Å². The van der Waals surface area contributed by atoms with Gasteiger partial charge in [-0.1, -0.05) is 0 Å². The van der Waals surface area contributed by atoms with Crippen molar-refractivity contribution >= 4 is 29.1 Å². The Labute approximate surface area is 145 Å². The minimum atomic E-state index is -4.59. The van der Waals surface area contributed by atoms with Crippen LogP contribution in [-0.4, -0.2) is 27.8 Å². The van der Waals surface area contributed by atoms with E-state index in [1.165, 1.54) is 22.8 Å². The molecule has 1 fully saturated rings. The fourth-order valence-electron chi connectivity index (χ4n) is 2.68. The number of nitrogens with one attached hydrogen (secondary N) is 1. The Hall–Kier alpha value is -2.16. The average molecular weight is 372 g/mol. The number of alkyl halides is 3. The highest BCUT2D eigenvalue weighted by molar-refractivity contribution is 7.71. The predicted octanol–water partition coefficient (Wildman–Crippen LogP) is 3.58. The number of carbonyl (C=O) groups is 1. The van der Waals surface area contributed by atoms with Gasteiger partial charge in [-0.25, -0.2) is 4.79 Å². The molecule has 0 radical (unpaired) electrons. The van der Waals surface area contributed by atoms with Crippen LogP contribution in [0.15, 0.2) is 23.0 Å². The second-order valence-corrected chi connectivity index (χ2v) is 6.33. The number of esters is 1. The standard InChI is InChI=1S/C16H15F3N2O3S/c1-2-21-13(22)10-6-5-9(7-11(10)20-15(21)25)14(23)24-12(8-3-4-8)16(17,18)19/h5-8,12H,2-4H2,1H3,(H,20,25). The first-order valence-corrected chi connectivity index (χ1v) is 8.17. The third-order valence-corrected chi connectivity index (χ3v) is 4.46. The van der Waals surface area contributed by atoms with Crippen molar-refractivity contribution in [3.8, 4) is 0 Å². The third kappa shape index (κ3) is 3.46. The molecule has 1 unspecified atom stereocenters. The first-order chi connectivity index (χ1) is 11.7. The lowest BCUT2D eigenvalue weighted by molar-refractivity contribution is -0.210. The maximum absolute atomic E-state index is 13.0. The summed E-state index contributed by atoms with van der Waals surface area (Å²) in [6.45, 7) is 2.14. The van der Waals surface area contributed by atoms with Crippen LogP contribution in [0.1, 0.15) is 30.1 Å². The van der Waals surface area contributed by atoms with Gasteiger partial charge in [0.25, 0.3) is 5.56 Å². The molecule has 25 heavy (non-hydrogen) atoms. The van der Waals surface area contributed by atoms with Gasteiger partial charge < -0.3 is 9.72 Å². The second-order valence-electron chi connectivity index (χ2n) is 5.94. The number of halogens is 3. The monoisotopic (exact) mass is 372 g/mol. The summed E-state index contributed by atoms with van der Waals surface area (Å²) < 4.78 is 45.2. The Morgan fingerprint density at radius 3 is 2.68 bits per heavy atom. The topological polar surface area (TPSA) is 64.1 Å². The van der Waals surface area contributed by atoms with E-state index in [4.69, 9.17) is 17.0 Å². The number of nitrogens with zero attached hydrogens (tertiary/aromatic N) is 1. The Bertz CT molecular complexity index is 944. The van der Waals surface area contributed by atoms with E-state index in [0.717, 1.165) is 0 Å². The number of hydrogen-bond donors (Lipinski definition) is 1. The van der Waals surface area contributed by atoms with E-state index >= 15 is 0 Å². The van der Waals surface area contributed by atoms with Gasteiger partial charge in [0.1, 0.15) is 0 Å². The number of fused-ring (bicyclic) bond motifs is 1. The van der Waals surface area contributed by atoms with E-state index in [1.807, 2.05) is 0 Å². The molecule has 3 rings (SSSR count). The predicted molar refractivity (Wildman–Crippen MR) is 87.0 cm³/mol. The van der Waals surface area contributed by atoms with Crippen LogP contribution in [0.25, 0.3) is 10.9 Å². The minimum Gasteiger partial charge on any atom is -0.449 e. The quantitative estimate of drug-likeness (QED) is 0.658. The van der Waals surface area contributed by atoms with Crippen molar-refractivity contribution in [2.24, 2.45) is 5.92 Å². The molecule has 1 aromatic carbocycles. The third-order valence-electron chi connectivity index (χ3n) is 4.14. The van der Waals surface area contributed by atoms with Gasteiger partial charge in [-0.3, -0.25) is 9.36 Å². The van der Waals surface area contributed by atoms with Crippen molar-refractivity contribution in [3.63, 3.8) is 0 Å². The Morgan fingerprint density at radius 2 is 2.12 bits per heavy atom. The molecular formula is C16H15F3N2O3S. The van der Waals surface area contributed by atoms with Crippen molar-refractivity contribution in [1.82, 2.24) is 9.55 Å². The minimum absolute atomic E-state index is 0.0679. The molecule has 9 heteroatoms. The first kappa shape index (κ1) is 17.7. The van der Waals surface area contributed by atoms with Crippen LogP contribution in [0.4, 0.5) is 13.2 Å². The zero-order valence-corrected chi connectivity index (χ0v) is 14.0. The van der Waals surface area contributed by atoms with Crippen LogP contribution in [0.2, 0.25) is 0 Å². The van der Waals surface area contributed by atoms with Crippen LogP contribution in [0, 0.1) is 10.7 Å². The van der Waals surface area contributed by atoms with E-state index in [9.17, 15) is 22.8 Å². The van der Waals surface area contributed by atoms with Gasteiger partial charge in [0.2, 0.25) is 0 Å². The molecule has 134 valence electrons. The Morgan fingerprint density at radius 1 is 1.44 bits per heavy atom. The van der Waals surface area contributed by atoms with Crippen LogP contribution >= 0.6 is 12.2 Å².